The molecule has 0 radical (unpaired) electrons. The largest absolute Gasteiger partial charge is 0.756 e. The Balaban J connectivity index is 1.56. The first-order valence-corrected chi connectivity index (χ1v) is 11.2. The summed E-state index contributed by atoms with van der Waals surface area (Å²) in [7, 11) is 0. The van der Waals surface area contributed by atoms with E-state index in [1.807, 2.05) is 30.3 Å². The van der Waals surface area contributed by atoms with Crippen molar-refractivity contribution in [3.8, 4) is 5.82 Å². The van der Waals surface area contributed by atoms with Crippen molar-refractivity contribution in [3.63, 3.8) is 0 Å². The number of pyridine rings is 1. The number of hydrogen-bond donors (Lipinski definition) is 3. The molecular weight excluding hydrogens is 460 g/mol. The number of para-hydroxylation sites is 1. The zero-order chi connectivity index (χ0) is 25.5. The molecule has 184 valence electrons. The number of carbonyl (C=O) groups is 2. The number of benzene rings is 2. The SMILES string of the molecule is NC(=O)C(O)C(Cc1ccccc1)N([O-])C(=O)c1cccnc1-n1ccc(CNc2ccccc2)n1. The number of amides is 2. The molecule has 2 aromatic carbocycles. The van der Waals surface area contributed by atoms with Gasteiger partial charge in [-0.25, -0.2) is 9.67 Å². The second kappa shape index (κ2) is 11.3. The minimum Gasteiger partial charge on any atom is -0.756 e. The molecule has 4 N–H and O–H groups in total. The first kappa shape index (κ1) is 24.6. The van der Waals surface area contributed by atoms with Crippen LogP contribution in [0.5, 0.6) is 0 Å². The van der Waals surface area contributed by atoms with E-state index in [4.69, 9.17) is 5.73 Å². The second-order valence-electron chi connectivity index (χ2n) is 8.08. The molecule has 0 saturated heterocycles. The number of nitrogens with one attached hydrogen (secondary N) is 1. The summed E-state index contributed by atoms with van der Waals surface area (Å²) in [5, 5.41) is 31.3. The first-order valence-electron chi connectivity index (χ1n) is 11.2. The molecule has 10 heteroatoms. The molecule has 2 heterocycles. The average molecular weight is 486 g/mol. The van der Waals surface area contributed by atoms with Crippen molar-refractivity contribution in [2.45, 2.75) is 25.1 Å². The van der Waals surface area contributed by atoms with Gasteiger partial charge in [-0.05, 0) is 42.3 Å². The van der Waals surface area contributed by atoms with Crippen molar-refractivity contribution in [1.82, 2.24) is 19.8 Å². The number of carbonyl (C=O) groups excluding carboxylic acids is 2. The van der Waals surface area contributed by atoms with E-state index in [0.717, 1.165) is 5.69 Å². The lowest BCUT2D eigenvalue weighted by Crippen LogP contribution is -2.50. The molecule has 2 unspecified atom stereocenters. The summed E-state index contributed by atoms with van der Waals surface area (Å²) >= 11 is 0. The van der Waals surface area contributed by atoms with Crippen LogP contribution in [0.1, 0.15) is 21.6 Å². The van der Waals surface area contributed by atoms with Gasteiger partial charge < -0.3 is 26.4 Å². The summed E-state index contributed by atoms with van der Waals surface area (Å²) in [5.74, 6) is -1.93. The number of aliphatic hydroxyl groups excluding tert-OH is 1. The Kier molecular flexibility index (Phi) is 7.69. The molecule has 0 fully saturated rings. The highest BCUT2D eigenvalue weighted by Gasteiger charge is 2.30. The van der Waals surface area contributed by atoms with E-state index in [1.165, 1.54) is 23.0 Å². The smallest absolute Gasteiger partial charge is 0.248 e. The summed E-state index contributed by atoms with van der Waals surface area (Å²) in [6.45, 7) is 0.435. The molecule has 0 bridgehead atoms. The number of aliphatic hydroxyl groups is 1. The molecule has 4 rings (SSSR count). The molecule has 0 aliphatic carbocycles. The van der Waals surface area contributed by atoms with Gasteiger partial charge >= 0.3 is 0 Å². The van der Waals surface area contributed by atoms with Gasteiger partial charge in [0, 0.05) is 18.1 Å². The number of rotatable bonds is 10. The molecule has 0 aliphatic heterocycles. The molecule has 2 atom stereocenters. The molecule has 0 aliphatic rings. The number of nitrogens with zero attached hydrogens (tertiary/aromatic N) is 4. The third kappa shape index (κ3) is 5.74. The fraction of sp³-hybridized carbons (Fsp3) is 0.154. The maximum Gasteiger partial charge on any atom is 0.248 e. The zero-order valence-electron chi connectivity index (χ0n) is 19.3. The standard InChI is InChI=1S/C26H25N6O4/c27-24(34)23(33)22(16-18-8-3-1-4-9-18)32(36)26(35)21-12-7-14-28-25(21)31-15-13-20(30-31)17-29-19-10-5-2-6-11-19/h1-15,22-23,29,33H,16-17H2,(H2,27,34)/q-1. The fourth-order valence-electron chi connectivity index (χ4n) is 3.71. The van der Waals surface area contributed by atoms with Crippen molar-refractivity contribution in [1.29, 1.82) is 0 Å². The second-order valence-corrected chi connectivity index (χ2v) is 8.08. The van der Waals surface area contributed by atoms with Crippen molar-refractivity contribution in [2.75, 3.05) is 5.32 Å². The Morgan fingerprint density at radius 3 is 2.42 bits per heavy atom. The minimum atomic E-state index is -1.85. The predicted molar refractivity (Wildman–Crippen MR) is 134 cm³/mol. The van der Waals surface area contributed by atoms with Crippen LogP contribution in [0, 0.1) is 5.21 Å². The normalized spacial score (nSPS) is 12.5. The number of aromatic nitrogens is 3. The van der Waals surface area contributed by atoms with Crippen LogP contribution in [0.3, 0.4) is 0 Å². The lowest BCUT2D eigenvalue weighted by atomic mass is 10.00. The van der Waals surface area contributed by atoms with Crippen LogP contribution >= 0.6 is 0 Å². The van der Waals surface area contributed by atoms with Gasteiger partial charge in [0.2, 0.25) is 11.8 Å². The molecule has 0 saturated carbocycles. The highest BCUT2D eigenvalue weighted by molar-refractivity contribution is 5.98. The molecular formula is C26H25N6O4-. The summed E-state index contributed by atoms with van der Waals surface area (Å²) in [4.78, 5) is 29.2. The van der Waals surface area contributed by atoms with Gasteiger partial charge in [-0.2, -0.15) is 5.10 Å². The summed E-state index contributed by atoms with van der Waals surface area (Å²) < 4.78 is 1.40. The van der Waals surface area contributed by atoms with E-state index in [1.54, 1.807) is 42.6 Å². The lowest BCUT2D eigenvalue weighted by Gasteiger charge is -2.39. The van der Waals surface area contributed by atoms with Gasteiger partial charge in [-0.1, -0.05) is 48.5 Å². The fourth-order valence-corrected chi connectivity index (χ4v) is 3.71. The van der Waals surface area contributed by atoms with Crippen molar-refractivity contribution >= 4 is 17.5 Å². The molecule has 4 aromatic rings. The van der Waals surface area contributed by atoms with Gasteiger partial charge in [0.25, 0.3) is 0 Å². The Morgan fingerprint density at radius 2 is 1.72 bits per heavy atom. The molecule has 2 amide bonds. The minimum absolute atomic E-state index is 0.0344. The van der Waals surface area contributed by atoms with Crippen LogP contribution in [0.25, 0.3) is 5.82 Å². The van der Waals surface area contributed by atoms with E-state index in [0.29, 0.717) is 17.8 Å². The molecule has 0 spiro atoms. The Morgan fingerprint density at radius 1 is 1.03 bits per heavy atom. The van der Waals surface area contributed by atoms with Crippen molar-refractivity contribution < 1.29 is 14.7 Å². The number of nitrogens with two attached hydrogens (primary N) is 1. The highest BCUT2D eigenvalue weighted by atomic mass is 16.5. The Hall–Kier alpha value is -4.54. The van der Waals surface area contributed by atoms with E-state index >= 15 is 0 Å². The molecule has 10 nitrogen and oxygen atoms in total. The number of anilines is 1. The summed E-state index contributed by atoms with van der Waals surface area (Å²) in [5.41, 5.74) is 7.51. The van der Waals surface area contributed by atoms with Gasteiger partial charge in [0.15, 0.2) is 11.9 Å². The van der Waals surface area contributed by atoms with Crippen LogP contribution in [0.2, 0.25) is 0 Å². The Labute approximate surface area is 207 Å². The number of hydroxylamine groups is 2. The van der Waals surface area contributed by atoms with Gasteiger partial charge in [-0.3, -0.25) is 9.59 Å². The molecule has 2 aromatic heterocycles. The quantitative estimate of drug-likeness (QED) is 0.292. The van der Waals surface area contributed by atoms with Crippen LogP contribution in [0.4, 0.5) is 5.69 Å². The monoisotopic (exact) mass is 485 g/mol. The van der Waals surface area contributed by atoms with E-state index in [-0.39, 0.29) is 22.9 Å². The van der Waals surface area contributed by atoms with Crippen LogP contribution in [-0.4, -0.2) is 48.9 Å². The summed E-state index contributed by atoms with van der Waals surface area (Å²) in [6.07, 6.45) is 1.19. The van der Waals surface area contributed by atoms with Crippen LogP contribution < -0.4 is 11.1 Å². The number of primary amides is 1. The topological polar surface area (TPSA) is 149 Å². The first-order chi connectivity index (χ1) is 17.4. The van der Waals surface area contributed by atoms with Gasteiger partial charge in [0.1, 0.15) is 0 Å². The van der Waals surface area contributed by atoms with Crippen molar-refractivity contribution in [3.05, 3.63) is 113 Å². The highest BCUT2D eigenvalue weighted by Crippen LogP contribution is 2.19. The Bertz CT molecular complexity index is 1310. The maximum atomic E-state index is 13.3. The number of hydrogen-bond acceptors (Lipinski definition) is 7. The third-order valence-corrected chi connectivity index (χ3v) is 5.57. The third-order valence-electron chi connectivity index (χ3n) is 5.57. The maximum absolute atomic E-state index is 13.3. The van der Waals surface area contributed by atoms with Gasteiger partial charge in [0.05, 0.1) is 23.8 Å². The van der Waals surface area contributed by atoms with E-state index in [9.17, 15) is 19.9 Å². The van der Waals surface area contributed by atoms with Crippen LogP contribution in [0.15, 0.2) is 91.3 Å². The average Bonchev–Trinajstić information content (AvgIpc) is 3.39. The van der Waals surface area contributed by atoms with Crippen LogP contribution in [-0.2, 0) is 17.8 Å². The van der Waals surface area contributed by atoms with Crippen molar-refractivity contribution in [2.24, 2.45) is 5.73 Å². The lowest BCUT2D eigenvalue weighted by molar-refractivity contribution is -0.128. The van der Waals surface area contributed by atoms with E-state index < -0.39 is 24.0 Å². The molecule has 36 heavy (non-hydrogen) atoms. The predicted octanol–water partition coefficient (Wildman–Crippen LogP) is 2.28. The zero-order valence-corrected chi connectivity index (χ0v) is 19.3. The summed E-state index contributed by atoms with van der Waals surface area (Å²) in [6, 6.07) is 21.7. The van der Waals surface area contributed by atoms with Gasteiger partial charge in [-0.15, -0.1) is 0 Å². The van der Waals surface area contributed by atoms with E-state index in [2.05, 4.69) is 15.4 Å².